The first-order valence-electron chi connectivity index (χ1n) is 10.2. The van der Waals surface area contributed by atoms with Crippen LogP contribution in [0.25, 0.3) is 0 Å². The van der Waals surface area contributed by atoms with Crippen LogP contribution in [-0.2, 0) is 14.3 Å². The average Bonchev–Trinajstić information content (AvgIpc) is 2.97. The lowest BCUT2D eigenvalue weighted by atomic mass is 10.0. The zero-order valence-corrected chi connectivity index (χ0v) is 18.1. The first-order chi connectivity index (χ1) is 14.7. The Kier molecular flexibility index (Phi) is 6.53. The minimum Gasteiger partial charge on any atom is -0.454 e. The Morgan fingerprint density at radius 2 is 1.61 bits per heavy atom. The van der Waals surface area contributed by atoms with Crippen LogP contribution in [0.3, 0.4) is 0 Å². The number of nitrogens with one attached hydrogen (secondary N) is 1. The molecule has 1 heterocycles. The van der Waals surface area contributed by atoms with Gasteiger partial charge in [0, 0.05) is 5.69 Å². The van der Waals surface area contributed by atoms with Crippen molar-refractivity contribution in [2.24, 2.45) is 5.92 Å². The molecule has 31 heavy (non-hydrogen) atoms. The van der Waals surface area contributed by atoms with Crippen molar-refractivity contribution in [3.05, 3.63) is 64.7 Å². The number of amides is 3. The molecule has 2 aromatic rings. The molecule has 2 aromatic carbocycles. The zero-order chi connectivity index (χ0) is 22.7. The predicted molar refractivity (Wildman–Crippen MR) is 116 cm³/mol. The van der Waals surface area contributed by atoms with Crippen molar-refractivity contribution in [3.63, 3.8) is 0 Å². The molecule has 162 valence electrons. The van der Waals surface area contributed by atoms with Crippen molar-refractivity contribution in [1.29, 1.82) is 0 Å². The summed E-state index contributed by atoms with van der Waals surface area (Å²) in [5, 5.41) is 2.72. The SMILES string of the molecule is Cc1ccc(C)c(NC(=O)COC(=O)[C@H](CC(C)C)N2C(=O)c3ccccc3C2=O)c1. The topological polar surface area (TPSA) is 92.8 Å². The van der Waals surface area contributed by atoms with Crippen LogP contribution in [0, 0.1) is 19.8 Å². The quantitative estimate of drug-likeness (QED) is 0.545. The standard InChI is InChI=1S/C24H26N2O5/c1-14(2)11-20(26-22(28)17-7-5-6-8-18(17)23(26)29)24(30)31-13-21(27)25-19-12-15(3)9-10-16(19)4/h5-10,12,14,20H,11,13H2,1-4H3,(H,25,27)/t20-/m0/s1. The van der Waals surface area contributed by atoms with Gasteiger partial charge in [-0.2, -0.15) is 0 Å². The summed E-state index contributed by atoms with van der Waals surface area (Å²) in [6, 6.07) is 11.0. The highest BCUT2D eigenvalue weighted by Crippen LogP contribution is 2.27. The minimum atomic E-state index is -1.10. The van der Waals surface area contributed by atoms with E-state index < -0.39 is 36.3 Å². The summed E-state index contributed by atoms with van der Waals surface area (Å²) in [5.41, 5.74) is 3.04. The smallest absolute Gasteiger partial charge is 0.329 e. The molecule has 7 heteroatoms. The maximum atomic E-state index is 12.8. The number of imide groups is 1. The lowest BCUT2D eigenvalue weighted by molar-refractivity contribution is -0.151. The van der Waals surface area contributed by atoms with E-state index in [1.165, 1.54) is 0 Å². The molecular weight excluding hydrogens is 396 g/mol. The fourth-order valence-electron chi connectivity index (χ4n) is 3.53. The Labute approximate surface area is 181 Å². The fraction of sp³-hybridized carbons (Fsp3) is 0.333. The third-order valence-corrected chi connectivity index (χ3v) is 5.12. The fourth-order valence-corrected chi connectivity index (χ4v) is 3.53. The second kappa shape index (κ2) is 9.12. The zero-order valence-electron chi connectivity index (χ0n) is 18.1. The number of carbonyl (C=O) groups is 4. The van der Waals surface area contributed by atoms with Crippen LogP contribution in [-0.4, -0.2) is 41.2 Å². The van der Waals surface area contributed by atoms with Crippen molar-refractivity contribution < 1.29 is 23.9 Å². The van der Waals surface area contributed by atoms with Crippen molar-refractivity contribution in [2.45, 2.75) is 40.2 Å². The van der Waals surface area contributed by atoms with Gasteiger partial charge in [0.1, 0.15) is 6.04 Å². The number of fused-ring (bicyclic) bond motifs is 1. The lowest BCUT2D eigenvalue weighted by Gasteiger charge is -2.25. The molecule has 0 spiro atoms. The number of aryl methyl sites for hydroxylation is 2. The number of nitrogens with zero attached hydrogens (tertiary/aromatic N) is 1. The van der Waals surface area contributed by atoms with Crippen molar-refractivity contribution in [3.8, 4) is 0 Å². The van der Waals surface area contributed by atoms with Gasteiger partial charge in [-0.1, -0.05) is 38.1 Å². The van der Waals surface area contributed by atoms with Gasteiger partial charge >= 0.3 is 5.97 Å². The third-order valence-electron chi connectivity index (χ3n) is 5.12. The molecule has 0 radical (unpaired) electrons. The molecule has 3 rings (SSSR count). The highest BCUT2D eigenvalue weighted by Gasteiger charge is 2.43. The third kappa shape index (κ3) is 4.82. The summed E-state index contributed by atoms with van der Waals surface area (Å²) in [4.78, 5) is 51.7. The molecule has 1 atom stereocenters. The number of rotatable bonds is 7. The van der Waals surface area contributed by atoms with E-state index in [-0.39, 0.29) is 23.5 Å². The van der Waals surface area contributed by atoms with Crippen molar-refractivity contribution in [2.75, 3.05) is 11.9 Å². The van der Waals surface area contributed by atoms with Crippen LogP contribution in [0.15, 0.2) is 42.5 Å². The van der Waals surface area contributed by atoms with Crippen LogP contribution in [0.2, 0.25) is 0 Å². The van der Waals surface area contributed by atoms with Crippen LogP contribution in [0.4, 0.5) is 5.69 Å². The van der Waals surface area contributed by atoms with Crippen molar-refractivity contribution >= 4 is 29.4 Å². The first-order valence-corrected chi connectivity index (χ1v) is 10.2. The Balaban J connectivity index is 1.71. The number of ether oxygens (including phenoxy) is 1. The van der Waals surface area contributed by atoms with Crippen LogP contribution >= 0.6 is 0 Å². The number of hydrogen-bond acceptors (Lipinski definition) is 5. The molecular formula is C24H26N2O5. The molecule has 0 fully saturated rings. The van der Waals surface area contributed by atoms with E-state index in [9.17, 15) is 19.2 Å². The summed E-state index contributed by atoms with van der Waals surface area (Å²) < 4.78 is 5.22. The molecule has 0 bridgehead atoms. The molecule has 0 saturated carbocycles. The normalized spacial score (nSPS) is 13.9. The first kappa shape index (κ1) is 22.2. The van der Waals surface area contributed by atoms with Crippen LogP contribution < -0.4 is 5.32 Å². The number of esters is 1. The molecule has 7 nitrogen and oxygen atoms in total. The second-order valence-electron chi connectivity index (χ2n) is 8.15. The van der Waals surface area contributed by atoms with Gasteiger partial charge in [0.25, 0.3) is 17.7 Å². The van der Waals surface area contributed by atoms with Gasteiger partial charge in [-0.3, -0.25) is 19.3 Å². The molecule has 1 aliphatic rings. The summed E-state index contributed by atoms with van der Waals surface area (Å²) in [6.45, 7) is 7.02. The largest absolute Gasteiger partial charge is 0.454 e. The maximum Gasteiger partial charge on any atom is 0.329 e. The van der Waals surface area contributed by atoms with Gasteiger partial charge in [-0.05, 0) is 55.5 Å². The summed E-state index contributed by atoms with van der Waals surface area (Å²) in [6.07, 6.45) is 0.239. The van der Waals surface area contributed by atoms with Gasteiger partial charge in [-0.15, -0.1) is 0 Å². The van der Waals surface area contributed by atoms with E-state index in [0.717, 1.165) is 16.0 Å². The summed E-state index contributed by atoms with van der Waals surface area (Å²) in [7, 11) is 0. The minimum absolute atomic E-state index is 0.0191. The van der Waals surface area contributed by atoms with E-state index in [0.29, 0.717) is 5.69 Å². The Bertz CT molecular complexity index is 1010. The molecule has 1 N–H and O–H groups in total. The van der Waals surface area contributed by atoms with E-state index in [1.54, 1.807) is 24.3 Å². The molecule has 3 amide bonds. The van der Waals surface area contributed by atoms with Crippen LogP contribution in [0.1, 0.15) is 52.1 Å². The Morgan fingerprint density at radius 3 is 2.19 bits per heavy atom. The highest BCUT2D eigenvalue weighted by molar-refractivity contribution is 6.22. The number of carbonyl (C=O) groups excluding carboxylic acids is 4. The Morgan fingerprint density at radius 1 is 1.00 bits per heavy atom. The van der Waals surface area contributed by atoms with Gasteiger partial charge < -0.3 is 10.1 Å². The van der Waals surface area contributed by atoms with E-state index >= 15 is 0 Å². The molecule has 0 aromatic heterocycles. The maximum absolute atomic E-state index is 12.8. The van der Waals surface area contributed by atoms with E-state index in [4.69, 9.17) is 4.74 Å². The monoisotopic (exact) mass is 422 g/mol. The number of benzene rings is 2. The number of anilines is 1. The van der Waals surface area contributed by atoms with E-state index in [1.807, 2.05) is 45.9 Å². The molecule has 0 saturated heterocycles. The molecule has 1 aliphatic heterocycles. The lowest BCUT2D eigenvalue weighted by Crippen LogP contribution is -2.46. The summed E-state index contributed by atoms with van der Waals surface area (Å²) in [5.74, 6) is -2.30. The van der Waals surface area contributed by atoms with E-state index in [2.05, 4.69) is 5.32 Å². The molecule has 0 aliphatic carbocycles. The van der Waals surface area contributed by atoms with Gasteiger partial charge in [0.15, 0.2) is 6.61 Å². The molecule has 0 unspecified atom stereocenters. The highest BCUT2D eigenvalue weighted by atomic mass is 16.5. The predicted octanol–water partition coefficient (Wildman–Crippen LogP) is 3.50. The second-order valence-corrected chi connectivity index (χ2v) is 8.15. The van der Waals surface area contributed by atoms with Crippen LogP contribution in [0.5, 0.6) is 0 Å². The number of hydrogen-bond donors (Lipinski definition) is 1. The Hall–Kier alpha value is -3.48. The average molecular weight is 422 g/mol. The van der Waals surface area contributed by atoms with Gasteiger partial charge in [0.05, 0.1) is 11.1 Å². The van der Waals surface area contributed by atoms with Gasteiger partial charge in [-0.25, -0.2) is 4.79 Å². The van der Waals surface area contributed by atoms with Crippen molar-refractivity contribution in [1.82, 2.24) is 4.90 Å². The van der Waals surface area contributed by atoms with Gasteiger partial charge in [0.2, 0.25) is 0 Å². The summed E-state index contributed by atoms with van der Waals surface area (Å²) >= 11 is 0.